The Morgan fingerprint density at radius 1 is 0.847 bits per heavy atom. The summed E-state index contributed by atoms with van der Waals surface area (Å²) in [5.74, 6) is -5.14. The van der Waals surface area contributed by atoms with Crippen LogP contribution in [0, 0.1) is 36.0 Å². The number of aromatic nitrogens is 2. The molecular formula is C47H37ClN4O6S. The normalized spacial score (nSPS) is 25.0. The predicted molar refractivity (Wildman–Crippen MR) is 225 cm³/mol. The lowest BCUT2D eigenvalue weighted by atomic mass is 9.51. The number of para-hydroxylation sites is 1. The van der Waals surface area contributed by atoms with Crippen LogP contribution in [0.2, 0.25) is 5.02 Å². The molecule has 3 fully saturated rings. The highest BCUT2D eigenvalue weighted by atomic mass is 35.5. The van der Waals surface area contributed by atoms with Crippen LogP contribution in [-0.2, 0) is 26.2 Å². The van der Waals surface area contributed by atoms with Crippen LogP contribution in [-0.4, -0.2) is 44.3 Å². The van der Waals surface area contributed by atoms with Crippen molar-refractivity contribution in [2.75, 3.05) is 9.80 Å². The molecule has 2 aromatic heterocycles. The van der Waals surface area contributed by atoms with Crippen LogP contribution in [0.3, 0.4) is 0 Å². The molecule has 1 N–H and O–H groups in total. The first-order valence-corrected chi connectivity index (χ1v) is 20.7. The van der Waals surface area contributed by atoms with Crippen LogP contribution in [0.5, 0.6) is 5.75 Å². The van der Waals surface area contributed by atoms with Gasteiger partial charge in [-0.15, -0.1) is 11.3 Å². The maximum Gasteiger partial charge on any atom is 0.242 e. The fourth-order valence-corrected chi connectivity index (χ4v) is 11.6. The number of benzene rings is 4. The van der Waals surface area contributed by atoms with E-state index in [1.54, 1.807) is 109 Å². The fraction of sp³-hybridized carbons (Fsp3) is 0.234. The Hall–Kier alpha value is -6.17. The first-order chi connectivity index (χ1) is 28.4. The van der Waals surface area contributed by atoms with Crippen LogP contribution >= 0.6 is 22.9 Å². The van der Waals surface area contributed by atoms with E-state index in [9.17, 15) is 24.3 Å². The van der Waals surface area contributed by atoms with Gasteiger partial charge in [-0.2, -0.15) is 5.10 Å². The van der Waals surface area contributed by atoms with Crippen LogP contribution in [0.1, 0.15) is 52.7 Å². The molecule has 0 unspecified atom stereocenters. The second-order valence-corrected chi connectivity index (χ2v) is 17.7. The lowest BCUT2D eigenvalue weighted by molar-refractivity contribution is -0.131. The molecule has 0 spiro atoms. The molecule has 10 nitrogen and oxygen atoms in total. The highest BCUT2D eigenvalue weighted by molar-refractivity contribution is 7.22. The lowest BCUT2D eigenvalue weighted by Gasteiger charge is -2.49. The number of thiophene rings is 1. The first kappa shape index (κ1) is 37.1. The third-order valence-electron chi connectivity index (χ3n) is 13.2. The average Bonchev–Trinajstić information content (AvgIpc) is 3.91. The van der Waals surface area contributed by atoms with Gasteiger partial charge in [-0.1, -0.05) is 71.8 Å². The molecular weight excluding hydrogens is 784 g/mol. The van der Waals surface area contributed by atoms with E-state index in [1.807, 2.05) is 37.3 Å². The molecule has 12 heteroatoms. The van der Waals surface area contributed by atoms with Crippen molar-refractivity contribution in [3.05, 3.63) is 142 Å². The second kappa shape index (κ2) is 13.4. The van der Waals surface area contributed by atoms with Gasteiger partial charge in [0.05, 0.1) is 33.7 Å². The molecule has 2 aliphatic carbocycles. The number of aryl methyl sites for hydroxylation is 2. The largest absolute Gasteiger partial charge is 0.508 e. The molecule has 2 saturated heterocycles. The van der Waals surface area contributed by atoms with Gasteiger partial charge in [-0.05, 0) is 92.1 Å². The summed E-state index contributed by atoms with van der Waals surface area (Å²) in [6, 6.07) is 29.7. The molecule has 294 valence electrons. The predicted octanol–water partition coefficient (Wildman–Crippen LogP) is 8.64. The van der Waals surface area contributed by atoms with Crippen LogP contribution in [0.15, 0.2) is 115 Å². The van der Waals surface area contributed by atoms with Crippen molar-refractivity contribution in [3.8, 4) is 16.3 Å². The number of aromatic hydroxyl groups is 1. The number of phenolic OH excluding ortho intramolecular Hbond substituents is 1. The molecule has 59 heavy (non-hydrogen) atoms. The number of hydrogen-bond donors (Lipinski definition) is 1. The SMILES string of the molecule is Cc1c(-c2cc(N3C(=O)[C@@H]4C[C@@H]5C(=CC[C@@H]6C(=O)N(c7ccc(C(=O)c8ccccc8)cc7)C(=O)[C@@H]65)[C@H](c5ccccc5O)[C@]4(C)C3=O)n(C)n2)sc2ccc(Cl)cc12. The Balaban J connectivity index is 1.02. The van der Waals surface area contributed by atoms with E-state index in [0.717, 1.165) is 26.1 Å². The van der Waals surface area contributed by atoms with Gasteiger partial charge in [-0.3, -0.25) is 33.6 Å². The highest BCUT2D eigenvalue weighted by Gasteiger charge is 2.68. The zero-order chi connectivity index (χ0) is 41.1. The number of fused-ring (bicyclic) bond motifs is 5. The van der Waals surface area contributed by atoms with E-state index in [0.29, 0.717) is 38.9 Å². The highest BCUT2D eigenvalue weighted by Crippen LogP contribution is 2.64. The van der Waals surface area contributed by atoms with Crippen LogP contribution < -0.4 is 9.80 Å². The molecule has 6 aromatic rings. The number of carbonyl (C=O) groups is 5. The minimum atomic E-state index is -1.34. The Morgan fingerprint density at radius 3 is 2.31 bits per heavy atom. The van der Waals surface area contributed by atoms with Crippen molar-refractivity contribution in [1.29, 1.82) is 0 Å². The Labute approximate surface area is 348 Å². The van der Waals surface area contributed by atoms with Crippen LogP contribution in [0.25, 0.3) is 20.7 Å². The molecule has 4 heterocycles. The summed E-state index contributed by atoms with van der Waals surface area (Å²) < 4.78 is 2.59. The van der Waals surface area contributed by atoms with E-state index >= 15 is 4.79 Å². The van der Waals surface area contributed by atoms with Gasteiger partial charge in [0.2, 0.25) is 23.6 Å². The summed E-state index contributed by atoms with van der Waals surface area (Å²) in [4.78, 5) is 75.3. The monoisotopic (exact) mass is 820 g/mol. The summed E-state index contributed by atoms with van der Waals surface area (Å²) in [5.41, 5.74) is 2.83. The zero-order valence-corrected chi connectivity index (χ0v) is 33.8. The molecule has 10 rings (SSSR count). The smallest absolute Gasteiger partial charge is 0.242 e. The quantitative estimate of drug-likeness (QED) is 0.101. The summed E-state index contributed by atoms with van der Waals surface area (Å²) in [6.45, 7) is 3.79. The number of allylic oxidation sites excluding steroid dienone is 2. The summed E-state index contributed by atoms with van der Waals surface area (Å²) >= 11 is 7.88. The first-order valence-electron chi connectivity index (χ1n) is 19.6. The van der Waals surface area contributed by atoms with Crippen LogP contribution in [0.4, 0.5) is 11.5 Å². The number of phenols is 1. The molecule has 0 bridgehead atoms. The standard InChI is InChI=1S/C47H37ClN4O6S/c1-24-32-21-27(48)15-20-37(32)59-42(24)35-23-38(50(3)49-35)52-44(56)34-22-33-29(40(47(34,2)46(52)58)30-11-7-8-12-36(30)53)18-19-31-39(33)45(57)51(43(31)55)28-16-13-26(14-17-28)41(54)25-9-5-4-6-10-25/h4-18,20-21,23,31,33-34,39-40,53H,19,22H2,1-3H3/t31-,33+,34-,39-,40+,47+/m0/s1. The maximum absolute atomic E-state index is 15.1. The average molecular weight is 821 g/mol. The number of rotatable bonds is 6. The third-order valence-corrected chi connectivity index (χ3v) is 14.7. The molecule has 0 radical (unpaired) electrons. The number of ketones is 1. The van der Waals surface area contributed by atoms with E-state index in [-0.39, 0.29) is 36.2 Å². The number of amides is 4. The van der Waals surface area contributed by atoms with Gasteiger partial charge in [0, 0.05) is 45.4 Å². The van der Waals surface area contributed by atoms with Gasteiger partial charge in [0.25, 0.3) is 0 Å². The second-order valence-electron chi connectivity index (χ2n) is 16.2. The number of anilines is 2. The molecule has 4 aromatic carbocycles. The number of imide groups is 2. The zero-order valence-electron chi connectivity index (χ0n) is 32.3. The van der Waals surface area contributed by atoms with Gasteiger partial charge in [0.1, 0.15) is 17.3 Å². The van der Waals surface area contributed by atoms with Gasteiger partial charge in [-0.25, -0.2) is 4.90 Å². The molecule has 1 saturated carbocycles. The number of nitrogens with zero attached hydrogens (tertiary/aromatic N) is 4. The van der Waals surface area contributed by atoms with E-state index in [4.69, 9.17) is 16.7 Å². The number of carbonyl (C=O) groups excluding carboxylic acids is 5. The van der Waals surface area contributed by atoms with Crippen molar-refractivity contribution in [3.63, 3.8) is 0 Å². The summed E-state index contributed by atoms with van der Waals surface area (Å²) in [7, 11) is 1.71. The number of hydrogen-bond acceptors (Lipinski definition) is 8. The fourth-order valence-electron chi connectivity index (χ4n) is 10.3. The Kier molecular flexibility index (Phi) is 8.45. The lowest BCUT2D eigenvalue weighted by Crippen LogP contribution is -2.49. The van der Waals surface area contributed by atoms with E-state index in [2.05, 4.69) is 0 Å². The molecule has 6 atom stereocenters. The molecule has 4 aliphatic rings. The summed E-state index contributed by atoms with van der Waals surface area (Å²) in [5, 5.41) is 17.8. The summed E-state index contributed by atoms with van der Waals surface area (Å²) in [6.07, 6.45) is 2.37. The number of halogens is 1. The third kappa shape index (κ3) is 5.37. The topological polar surface area (TPSA) is 130 Å². The Morgan fingerprint density at radius 2 is 1.56 bits per heavy atom. The molecule has 2 aliphatic heterocycles. The van der Waals surface area contributed by atoms with Crippen molar-refractivity contribution >= 4 is 73.9 Å². The van der Waals surface area contributed by atoms with Crippen molar-refractivity contribution in [1.82, 2.24) is 9.78 Å². The molecule has 4 amide bonds. The van der Waals surface area contributed by atoms with Crippen molar-refractivity contribution < 1.29 is 29.1 Å². The van der Waals surface area contributed by atoms with Crippen molar-refractivity contribution in [2.24, 2.45) is 36.1 Å². The maximum atomic E-state index is 15.1. The van der Waals surface area contributed by atoms with Gasteiger partial charge >= 0.3 is 0 Å². The van der Waals surface area contributed by atoms with Gasteiger partial charge in [0.15, 0.2) is 5.78 Å². The minimum absolute atomic E-state index is 0.0244. The Bertz CT molecular complexity index is 2850. The minimum Gasteiger partial charge on any atom is -0.508 e. The van der Waals surface area contributed by atoms with Gasteiger partial charge < -0.3 is 5.11 Å². The van der Waals surface area contributed by atoms with E-state index in [1.165, 1.54) is 9.80 Å². The van der Waals surface area contributed by atoms with Crippen molar-refractivity contribution in [2.45, 2.75) is 32.6 Å². The van der Waals surface area contributed by atoms with E-state index < -0.39 is 46.8 Å².